The summed E-state index contributed by atoms with van der Waals surface area (Å²) in [6.07, 6.45) is -5.22. The summed E-state index contributed by atoms with van der Waals surface area (Å²) in [6, 6.07) is 15.1. The summed E-state index contributed by atoms with van der Waals surface area (Å²) in [7, 11) is 0. The molecule has 1 atom stereocenters. The fraction of sp³-hybridized carbons (Fsp3) is 0.222. The summed E-state index contributed by atoms with van der Waals surface area (Å²) in [4.78, 5) is 18.0. The van der Waals surface area contributed by atoms with Crippen molar-refractivity contribution in [2.24, 2.45) is 4.99 Å². The van der Waals surface area contributed by atoms with Crippen molar-refractivity contribution in [1.29, 1.82) is 0 Å². The molecule has 1 amide bonds. The number of alkyl halides is 3. The molecule has 26 heavy (non-hydrogen) atoms. The first kappa shape index (κ1) is 18.8. The van der Waals surface area contributed by atoms with E-state index >= 15 is 0 Å². The van der Waals surface area contributed by atoms with Crippen LogP contribution in [0.4, 0.5) is 18.9 Å². The van der Waals surface area contributed by atoms with Gasteiger partial charge in [0.05, 0.1) is 6.42 Å². The predicted molar refractivity (Wildman–Crippen MR) is 99.1 cm³/mol. The van der Waals surface area contributed by atoms with E-state index in [2.05, 4.69) is 4.99 Å². The van der Waals surface area contributed by atoms with Crippen LogP contribution < -0.4 is 4.90 Å². The van der Waals surface area contributed by atoms with Crippen LogP contribution >= 0.6 is 23.4 Å². The monoisotopic (exact) mass is 398 g/mol. The van der Waals surface area contributed by atoms with Crippen molar-refractivity contribution < 1.29 is 18.0 Å². The maximum atomic E-state index is 12.8. The molecule has 1 fully saturated rings. The van der Waals surface area contributed by atoms with Crippen LogP contribution in [0.15, 0.2) is 59.6 Å². The molecule has 0 bridgehead atoms. The summed E-state index contributed by atoms with van der Waals surface area (Å²) in [5, 5.41) is 0.0507. The highest BCUT2D eigenvalue weighted by Crippen LogP contribution is 2.37. The number of rotatable bonds is 3. The first-order chi connectivity index (χ1) is 12.3. The minimum atomic E-state index is -4.28. The lowest BCUT2D eigenvalue weighted by molar-refractivity contribution is -0.133. The maximum Gasteiger partial charge on any atom is 0.390 e. The van der Waals surface area contributed by atoms with Crippen molar-refractivity contribution in [2.75, 3.05) is 11.4 Å². The maximum absolute atomic E-state index is 12.8. The summed E-state index contributed by atoms with van der Waals surface area (Å²) in [6.45, 7) is 0.118. The molecule has 136 valence electrons. The lowest BCUT2D eigenvalue weighted by atomic mass is 10.2. The number of hydrogen-bond donors (Lipinski definition) is 0. The SMILES string of the molecule is O=C(N=C1SC(CC(F)(F)F)CN1c1ccc(Cl)cc1)c1ccccc1. The van der Waals surface area contributed by atoms with Gasteiger partial charge >= 0.3 is 6.18 Å². The molecule has 1 aliphatic rings. The summed E-state index contributed by atoms with van der Waals surface area (Å²) >= 11 is 6.85. The number of aliphatic imine (C=N–C) groups is 1. The molecule has 0 N–H and O–H groups in total. The number of amidine groups is 1. The Kier molecular flexibility index (Phi) is 5.58. The molecule has 2 aromatic carbocycles. The van der Waals surface area contributed by atoms with E-state index in [1.807, 2.05) is 0 Å². The fourth-order valence-corrected chi connectivity index (χ4v) is 3.91. The van der Waals surface area contributed by atoms with Crippen LogP contribution in [0.5, 0.6) is 0 Å². The van der Waals surface area contributed by atoms with Gasteiger partial charge in [0.2, 0.25) is 0 Å². The van der Waals surface area contributed by atoms with E-state index in [0.717, 1.165) is 11.8 Å². The normalized spacial score (nSPS) is 19.2. The zero-order chi connectivity index (χ0) is 18.7. The van der Waals surface area contributed by atoms with Crippen LogP contribution in [0.2, 0.25) is 5.02 Å². The first-order valence-electron chi connectivity index (χ1n) is 7.76. The molecular formula is C18H14ClF3N2OS. The van der Waals surface area contributed by atoms with Gasteiger partial charge in [0.1, 0.15) is 0 Å². The van der Waals surface area contributed by atoms with Gasteiger partial charge in [0.15, 0.2) is 5.17 Å². The predicted octanol–water partition coefficient (Wildman–Crippen LogP) is 5.41. The summed E-state index contributed by atoms with van der Waals surface area (Å²) < 4.78 is 38.4. The van der Waals surface area contributed by atoms with Gasteiger partial charge in [-0.2, -0.15) is 18.2 Å². The molecule has 0 aromatic heterocycles. The molecule has 1 saturated heterocycles. The average molecular weight is 399 g/mol. The van der Waals surface area contributed by atoms with Gasteiger partial charge in [-0.1, -0.05) is 41.6 Å². The number of carbonyl (C=O) groups excluding carboxylic acids is 1. The molecule has 3 rings (SSSR count). The Morgan fingerprint density at radius 1 is 1.15 bits per heavy atom. The topological polar surface area (TPSA) is 32.7 Å². The van der Waals surface area contributed by atoms with E-state index in [9.17, 15) is 18.0 Å². The highest BCUT2D eigenvalue weighted by Gasteiger charge is 2.39. The van der Waals surface area contributed by atoms with Crippen LogP contribution in [0, 0.1) is 0 Å². The second-order valence-electron chi connectivity index (χ2n) is 5.71. The van der Waals surface area contributed by atoms with E-state index in [1.54, 1.807) is 59.5 Å². The van der Waals surface area contributed by atoms with Crippen molar-refractivity contribution in [3.8, 4) is 0 Å². The largest absolute Gasteiger partial charge is 0.390 e. The number of nitrogens with zero attached hydrogens (tertiary/aromatic N) is 2. The van der Waals surface area contributed by atoms with Crippen molar-refractivity contribution in [3.63, 3.8) is 0 Å². The molecule has 2 aromatic rings. The Bertz CT molecular complexity index is 809. The van der Waals surface area contributed by atoms with Crippen LogP contribution in [-0.4, -0.2) is 29.0 Å². The number of benzene rings is 2. The minimum absolute atomic E-state index is 0.118. The van der Waals surface area contributed by atoms with Crippen molar-refractivity contribution in [2.45, 2.75) is 17.8 Å². The molecule has 0 radical (unpaired) electrons. The van der Waals surface area contributed by atoms with E-state index < -0.39 is 23.8 Å². The third-order valence-corrected chi connectivity index (χ3v) is 5.13. The van der Waals surface area contributed by atoms with Crippen molar-refractivity contribution >= 4 is 40.1 Å². The number of amides is 1. The second-order valence-corrected chi connectivity index (χ2v) is 7.42. The van der Waals surface area contributed by atoms with Gasteiger partial charge in [-0.3, -0.25) is 4.79 Å². The third-order valence-electron chi connectivity index (χ3n) is 3.70. The Morgan fingerprint density at radius 2 is 1.81 bits per heavy atom. The lowest BCUT2D eigenvalue weighted by Gasteiger charge is -2.18. The van der Waals surface area contributed by atoms with E-state index in [1.165, 1.54) is 0 Å². The van der Waals surface area contributed by atoms with Crippen LogP contribution in [0.1, 0.15) is 16.8 Å². The van der Waals surface area contributed by atoms with Crippen LogP contribution in [-0.2, 0) is 0 Å². The Morgan fingerprint density at radius 3 is 2.42 bits per heavy atom. The zero-order valence-corrected chi connectivity index (χ0v) is 15.0. The van der Waals surface area contributed by atoms with Gasteiger partial charge in [0.25, 0.3) is 5.91 Å². The highest BCUT2D eigenvalue weighted by atomic mass is 35.5. The van der Waals surface area contributed by atoms with E-state index in [-0.39, 0.29) is 11.7 Å². The molecule has 1 heterocycles. The second kappa shape index (κ2) is 7.72. The van der Waals surface area contributed by atoms with Crippen LogP contribution in [0.3, 0.4) is 0 Å². The van der Waals surface area contributed by atoms with Crippen molar-refractivity contribution in [3.05, 3.63) is 65.2 Å². The quantitative estimate of drug-likeness (QED) is 0.693. The Hall–Kier alpha value is -1.99. The molecule has 1 unspecified atom stereocenters. The average Bonchev–Trinajstić information content (AvgIpc) is 2.96. The molecule has 3 nitrogen and oxygen atoms in total. The number of hydrogen-bond acceptors (Lipinski definition) is 2. The lowest BCUT2D eigenvalue weighted by Crippen LogP contribution is -2.27. The molecule has 0 saturated carbocycles. The molecule has 8 heteroatoms. The highest BCUT2D eigenvalue weighted by molar-refractivity contribution is 8.15. The number of thioether (sulfide) groups is 1. The number of anilines is 1. The minimum Gasteiger partial charge on any atom is -0.320 e. The molecule has 1 aliphatic heterocycles. The smallest absolute Gasteiger partial charge is 0.320 e. The van der Waals surface area contributed by atoms with Gasteiger partial charge < -0.3 is 4.90 Å². The van der Waals surface area contributed by atoms with Gasteiger partial charge in [0, 0.05) is 28.1 Å². The van der Waals surface area contributed by atoms with E-state index in [0.29, 0.717) is 16.3 Å². The zero-order valence-electron chi connectivity index (χ0n) is 13.4. The number of halogens is 4. The Balaban J connectivity index is 1.89. The van der Waals surface area contributed by atoms with Crippen molar-refractivity contribution in [1.82, 2.24) is 0 Å². The Labute approximate surface area is 157 Å². The van der Waals surface area contributed by atoms with Gasteiger partial charge in [-0.25, -0.2) is 0 Å². The number of carbonyl (C=O) groups is 1. The molecule has 0 aliphatic carbocycles. The molecular weight excluding hydrogens is 385 g/mol. The van der Waals surface area contributed by atoms with Gasteiger partial charge in [-0.05, 0) is 36.4 Å². The third kappa shape index (κ3) is 4.80. The molecule has 0 spiro atoms. The summed E-state index contributed by atoms with van der Waals surface area (Å²) in [5.74, 6) is -0.486. The first-order valence-corrected chi connectivity index (χ1v) is 9.02. The van der Waals surface area contributed by atoms with Gasteiger partial charge in [-0.15, -0.1) is 0 Å². The standard InChI is InChI=1S/C18H14ClF3N2OS/c19-13-6-8-14(9-7-13)24-11-15(10-18(20,21)22)26-17(24)23-16(25)12-4-2-1-3-5-12/h1-9,15H,10-11H2. The summed E-state index contributed by atoms with van der Waals surface area (Å²) in [5.41, 5.74) is 1.03. The van der Waals surface area contributed by atoms with Crippen LogP contribution in [0.25, 0.3) is 0 Å². The fourth-order valence-electron chi connectivity index (χ4n) is 2.55. The van der Waals surface area contributed by atoms with E-state index in [4.69, 9.17) is 11.6 Å².